The van der Waals surface area contributed by atoms with Crippen molar-refractivity contribution in [3.05, 3.63) is 106 Å². The summed E-state index contributed by atoms with van der Waals surface area (Å²) < 4.78 is 2.18. The molecule has 1 aromatic heterocycles. The standard InChI is InChI=1S/C26H18Cl2N2O/c27-19-11-9-18(22(28)14-19)15-30-23-8-4-7-21(26(29)31)25(23)20-12-10-17(13-24(20)30)16-5-2-1-3-6-16/h1-14H,15H2,(H2,29,31). The number of aromatic nitrogens is 1. The summed E-state index contributed by atoms with van der Waals surface area (Å²) in [6, 6.07) is 27.7. The van der Waals surface area contributed by atoms with Crippen LogP contribution in [-0.2, 0) is 6.54 Å². The number of halogens is 2. The van der Waals surface area contributed by atoms with E-state index in [2.05, 4.69) is 34.9 Å². The molecule has 31 heavy (non-hydrogen) atoms. The number of carbonyl (C=O) groups is 1. The summed E-state index contributed by atoms with van der Waals surface area (Å²) in [5.74, 6) is -0.443. The Morgan fingerprint density at radius 1 is 0.806 bits per heavy atom. The van der Waals surface area contributed by atoms with Crippen molar-refractivity contribution in [1.82, 2.24) is 4.57 Å². The lowest BCUT2D eigenvalue weighted by molar-refractivity contribution is 0.100. The number of amides is 1. The topological polar surface area (TPSA) is 48.0 Å². The summed E-state index contributed by atoms with van der Waals surface area (Å²) in [7, 11) is 0. The van der Waals surface area contributed by atoms with Crippen molar-refractivity contribution in [1.29, 1.82) is 0 Å². The fraction of sp³-hybridized carbons (Fsp3) is 0.0385. The first-order valence-electron chi connectivity index (χ1n) is 9.87. The Bertz CT molecular complexity index is 1460. The smallest absolute Gasteiger partial charge is 0.249 e. The number of nitrogens with zero attached hydrogens (tertiary/aromatic N) is 1. The van der Waals surface area contributed by atoms with Crippen molar-refractivity contribution in [2.45, 2.75) is 6.54 Å². The largest absolute Gasteiger partial charge is 0.366 e. The summed E-state index contributed by atoms with van der Waals surface area (Å²) in [5.41, 5.74) is 11.3. The number of hydrogen-bond acceptors (Lipinski definition) is 1. The van der Waals surface area contributed by atoms with Crippen LogP contribution in [0.4, 0.5) is 0 Å². The van der Waals surface area contributed by atoms with Gasteiger partial charge in [0.05, 0.1) is 11.0 Å². The van der Waals surface area contributed by atoms with Gasteiger partial charge in [0, 0.05) is 32.9 Å². The van der Waals surface area contributed by atoms with E-state index in [1.54, 1.807) is 12.1 Å². The Morgan fingerprint density at radius 2 is 1.61 bits per heavy atom. The second-order valence-electron chi connectivity index (χ2n) is 7.48. The minimum atomic E-state index is -0.443. The molecule has 2 N–H and O–H groups in total. The summed E-state index contributed by atoms with van der Waals surface area (Å²) >= 11 is 12.6. The van der Waals surface area contributed by atoms with E-state index in [1.807, 2.05) is 42.5 Å². The zero-order valence-corrected chi connectivity index (χ0v) is 18.0. The van der Waals surface area contributed by atoms with Gasteiger partial charge in [-0.1, -0.05) is 77.8 Å². The average molecular weight is 445 g/mol. The molecule has 0 spiro atoms. The summed E-state index contributed by atoms with van der Waals surface area (Å²) in [6.45, 7) is 0.538. The molecule has 0 atom stereocenters. The molecule has 5 rings (SSSR count). The molecule has 1 amide bonds. The van der Waals surface area contributed by atoms with Gasteiger partial charge in [-0.3, -0.25) is 4.79 Å². The average Bonchev–Trinajstić information content (AvgIpc) is 3.09. The van der Waals surface area contributed by atoms with Crippen LogP contribution in [0, 0.1) is 0 Å². The van der Waals surface area contributed by atoms with Crippen molar-refractivity contribution in [2.75, 3.05) is 0 Å². The van der Waals surface area contributed by atoms with Crippen LogP contribution in [0.3, 0.4) is 0 Å². The molecule has 0 saturated carbocycles. The summed E-state index contributed by atoms with van der Waals surface area (Å²) in [6.07, 6.45) is 0. The van der Waals surface area contributed by atoms with Crippen molar-refractivity contribution in [3.8, 4) is 11.1 Å². The van der Waals surface area contributed by atoms with E-state index >= 15 is 0 Å². The second kappa shape index (κ2) is 7.77. The van der Waals surface area contributed by atoms with E-state index in [4.69, 9.17) is 28.9 Å². The number of rotatable bonds is 4. The lowest BCUT2D eigenvalue weighted by atomic mass is 10.0. The Balaban J connectivity index is 1.81. The fourth-order valence-electron chi connectivity index (χ4n) is 4.15. The van der Waals surface area contributed by atoms with E-state index in [0.717, 1.165) is 38.5 Å². The number of carbonyl (C=O) groups excluding carboxylic acids is 1. The van der Waals surface area contributed by atoms with Crippen LogP contribution >= 0.6 is 23.2 Å². The molecule has 4 aromatic carbocycles. The van der Waals surface area contributed by atoms with Gasteiger partial charge < -0.3 is 10.3 Å². The molecule has 0 aliphatic carbocycles. The predicted octanol–water partition coefficient (Wildman–Crippen LogP) is 6.92. The van der Waals surface area contributed by atoms with Gasteiger partial charge in [0.2, 0.25) is 5.91 Å². The van der Waals surface area contributed by atoms with Gasteiger partial charge in [-0.05, 0) is 47.0 Å². The molecule has 0 aliphatic rings. The quantitative estimate of drug-likeness (QED) is 0.321. The molecule has 0 aliphatic heterocycles. The maximum atomic E-state index is 12.2. The first kappa shape index (κ1) is 19.7. The van der Waals surface area contributed by atoms with Gasteiger partial charge in [-0.2, -0.15) is 0 Å². The molecule has 0 unspecified atom stereocenters. The van der Waals surface area contributed by atoms with Gasteiger partial charge in [-0.25, -0.2) is 0 Å². The molecule has 0 radical (unpaired) electrons. The SMILES string of the molecule is NC(=O)c1cccc2c1c1ccc(-c3ccccc3)cc1n2Cc1ccc(Cl)cc1Cl. The molecule has 5 aromatic rings. The highest BCUT2D eigenvalue weighted by Gasteiger charge is 2.18. The summed E-state index contributed by atoms with van der Waals surface area (Å²) in [5, 5.41) is 3.04. The third-order valence-electron chi connectivity index (χ3n) is 5.61. The molecule has 1 heterocycles. The molecular weight excluding hydrogens is 427 g/mol. The van der Waals surface area contributed by atoms with E-state index < -0.39 is 5.91 Å². The van der Waals surface area contributed by atoms with Crippen molar-refractivity contribution < 1.29 is 4.79 Å². The Labute approximate surface area is 189 Å². The van der Waals surface area contributed by atoms with Crippen LogP contribution in [0.5, 0.6) is 0 Å². The van der Waals surface area contributed by atoms with Crippen LogP contribution in [-0.4, -0.2) is 10.5 Å². The van der Waals surface area contributed by atoms with E-state index in [9.17, 15) is 4.79 Å². The number of nitrogens with two attached hydrogens (primary N) is 1. The van der Waals surface area contributed by atoms with Gasteiger partial charge in [0.25, 0.3) is 0 Å². The van der Waals surface area contributed by atoms with Crippen LogP contribution in [0.15, 0.2) is 84.9 Å². The first-order valence-corrected chi connectivity index (χ1v) is 10.6. The molecule has 0 fully saturated rings. The van der Waals surface area contributed by atoms with Crippen LogP contribution in [0.2, 0.25) is 10.0 Å². The van der Waals surface area contributed by atoms with Crippen molar-refractivity contribution in [3.63, 3.8) is 0 Å². The number of primary amides is 1. The van der Waals surface area contributed by atoms with Crippen molar-refractivity contribution >= 4 is 50.9 Å². The van der Waals surface area contributed by atoms with Crippen LogP contribution < -0.4 is 5.73 Å². The van der Waals surface area contributed by atoms with Gasteiger partial charge >= 0.3 is 0 Å². The van der Waals surface area contributed by atoms with E-state index in [0.29, 0.717) is 22.2 Å². The van der Waals surface area contributed by atoms with E-state index in [1.165, 1.54) is 0 Å². The molecular formula is C26H18Cl2N2O. The van der Waals surface area contributed by atoms with Gasteiger partial charge in [0.1, 0.15) is 0 Å². The molecule has 0 saturated heterocycles. The van der Waals surface area contributed by atoms with E-state index in [-0.39, 0.29) is 0 Å². The Kier molecular flexibility index (Phi) is 4.93. The number of fused-ring (bicyclic) bond motifs is 3. The molecule has 3 nitrogen and oxygen atoms in total. The Hall–Kier alpha value is -3.27. The van der Waals surface area contributed by atoms with Gasteiger partial charge in [-0.15, -0.1) is 0 Å². The molecule has 5 heteroatoms. The molecule has 152 valence electrons. The zero-order valence-electron chi connectivity index (χ0n) is 16.5. The normalized spacial score (nSPS) is 11.3. The third kappa shape index (κ3) is 3.46. The monoisotopic (exact) mass is 444 g/mol. The molecule has 0 bridgehead atoms. The highest BCUT2D eigenvalue weighted by Crippen LogP contribution is 2.35. The maximum absolute atomic E-state index is 12.2. The minimum absolute atomic E-state index is 0.443. The number of benzene rings is 4. The lowest BCUT2D eigenvalue weighted by Crippen LogP contribution is -2.11. The second-order valence-corrected chi connectivity index (χ2v) is 8.33. The van der Waals surface area contributed by atoms with Crippen molar-refractivity contribution in [2.24, 2.45) is 5.73 Å². The highest BCUT2D eigenvalue weighted by molar-refractivity contribution is 6.35. The maximum Gasteiger partial charge on any atom is 0.249 e. The number of hydrogen-bond donors (Lipinski definition) is 1. The third-order valence-corrected chi connectivity index (χ3v) is 6.19. The van der Waals surface area contributed by atoms with Gasteiger partial charge in [0.15, 0.2) is 0 Å². The lowest BCUT2D eigenvalue weighted by Gasteiger charge is -2.11. The predicted molar refractivity (Wildman–Crippen MR) is 129 cm³/mol. The zero-order chi connectivity index (χ0) is 21.5. The summed E-state index contributed by atoms with van der Waals surface area (Å²) in [4.78, 5) is 12.2. The Morgan fingerprint density at radius 3 is 2.35 bits per heavy atom. The van der Waals surface area contributed by atoms with Crippen LogP contribution in [0.1, 0.15) is 15.9 Å². The first-order chi connectivity index (χ1) is 15.0. The van der Waals surface area contributed by atoms with Crippen LogP contribution in [0.25, 0.3) is 32.9 Å². The highest BCUT2D eigenvalue weighted by atomic mass is 35.5. The minimum Gasteiger partial charge on any atom is -0.366 e. The fourth-order valence-corrected chi connectivity index (χ4v) is 4.62.